The lowest BCUT2D eigenvalue weighted by Gasteiger charge is -2.11. The van der Waals surface area contributed by atoms with Crippen LogP contribution in [0.3, 0.4) is 0 Å². The first-order valence-electron chi connectivity index (χ1n) is 8.79. The minimum atomic E-state index is -3.76. The number of anilines is 2. The van der Waals surface area contributed by atoms with Crippen molar-refractivity contribution in [2.24, 2.45) is 0 Å². The van der Waals surface area contributed by atoms with Gasteiger partial charge in [0.15, 0.2) is 5.11 Å². The summed E-state index contributed by atoms with van der Waals surface area (Å²) in [6.45, 7) is 0. The van der Waals surface area contributed by atoms with Crippen LogP contribution in [0.4, 0.5) is 17.1 Å². The molecule has 0 saturated heterocycles. The van der Waals surface area contributed by atoms with Crippen LogP contribution in [-0.4, -0.2) is 24.4 Å². The third-order valence-electron chi connectivity index (χ3n) is 3.99. The van der Waals surface area contributed by atoms with Crippen molar-refractivity contribution < 1.29 is 18.1 Å². The number of nitro groups is 1. The molecule has 1 amide bonds. The molecule has 0 bridgehead atoms. The third-order valence-corrected chi connectivity index (χ3v) is 5.60. The molecular formula is C20H16N4O5S2. The first-order valence-corrected chi connectivity index (χ1v) is 10.7. The first-order chi connectivity index (χ1) is 14.7. The van der Waals surface area contributed by atoms with Crippen LogP contribution < -0.4 is 15.4 Å². The molecule has 3 aromatic carbocycles. The van der Waals surface area contributed by atoms with Crippen molar-refractivity contribution in [3.63, 3.8) is 0 Å². The number of hydrogen-bond donors (Lipinski definition) is 3. The van der Waals surface area contributed by atoms with Gasteiger partial charge in [0.2, 0.25) is 0 Å². The molecule has 0 aliphatic heterocycles. The minimum Gasteiger partial charge on any atom is -0.332 e. The van der Waals surface area contributed by atoms with Gasteiger partial charge in [-0.05, 0) is 54.7 Å². The standard InChI is InChI=1S/C20H16N4O5S2/c25-19(14-5-4-8-17(13-14)24(26)27)22-20(30)21-15-9-11-18(12-10-15)31(28,29)23-16-6-2-1-3-7-16/h1-13,23H,(H2,21,22,25,30). The van der Waals surface area contributed by atoms with E-state index >= 15 is 0 Å². The number of rotatable bonds is 6. The summed E-state index contributed by atoms with van der Waals surface area (Å²) < 4.78 is 27.4. The highest BCUT2D eigenvalue weighted by molar-refractivity contribution is 7.92. The fourth-order valence-electron chi connectivity index (χ4n) is 2.54. The van der Waals surface area contributed by atoms with E-state index in [1.807, 2.05) is 0 Å². The highest BCUT2D eigenvalue weighted by Gasteiger charge is 2.15. The van der Waals surface area contributed by atoms with Crippen LogP contribution in [0.15, 0.2) is 83.8 Å². The van der Waals surface area contributed by atoms with Crippen LogP contribution in [0, 0.1) is 10.1 Å². The molecule has 0 aliphatic carbocycles. The van der Waals surface area contributed by atoms with Gasteiger partial charge in [-0.25, -0.2) is 8.42 Å². The summed E-state index contributed by atoms with van der Waals surface area (Å²) in [6.07, 6.45) is 0. The highest BCUT2D eigenvalue weighted by atomic mass is 32.2. The van der Waals surface area contributed by atoms with Crippen LogP contribution >= 0.6 is 12.2 Å². The lowest BCUT2D eigenvalue weighted by molar-refractivity contribution is -0.384. The van der Waals surface area contributed by atoms with Gasteiger partial charge in [0, 0.05) is 29.1 Å². The van der Waals surface area contributed by atoms with Gasteiger partial charge < -0.3 is 5.32 Å². The zero-order valence-corrected chi connectivity index (χ0v) is 17.4. The molecule has 9 nitrogen and oxygen atoms in total. The monoisotopic (exact) mass is 456 g/mol. The van der Waals surface area contributed by atoms with E-state index in [0.29, 0.717) is 11.4 Å². The second kappa shape index (κ2) is 9.32. The van der Waals surface area contributed by atoms with Gasteiger partial charge in [-0.2, -0.15) is 0 Å². The molecule has 0 aromatic heterocycles. The molecule has 0 atom stereocenters. The molecular weight excluding hydrogens is 440 g/mol. The summed E-state index contributed by atoms with van der Waals surface area (Å²) in [7, 11) is -3.76. The molecule has 0 spiro atoms. The fraction of sp³-hybridized carbons (Fsp3) is 0. The number of nitrogens with zero attached hydrogens (tertiary/aromatic N) is 1. The van der Waals surface area contributed by atoms with Gasteiger partial charge in [0.25, 0.3) is 21.6 Å². The number of sulfonamides is 1. The van der Waals surface area contributed by atoms with E-state index in [9.17, 15) is 23.3 Å². The number of nitro benzene ring substituents is 1. The average molecular weight is 457 g/mol. The normalized spacial score (nSPS) is 10.7. The minimum absolute atomic E-state index is 0.0467. The van der Waals surface area contributed by atoms with E-state index in [4.69, 9.17) is 12.2 Å². The van der Waals surface area contributed by atoms with Gasteiger partial charge in [-0.3, -0.25) is 24.9 Å². The van der Waals surface area contributed by atoms with Crippen molar-refractivity contribution in [2.75, 3.05) is 10.0 Å². The Morgan fingerprint density at radius 2 is 1.58 bits per heavy atom. The van der Waals surface area contributed by atoms with Crippen molar-refractivity contribution in [3.05, 3.63) is 94.5 Å². The maximum Gasteiger partial charge on any atom is 0.270 e. The highest BCUT2D eigenvalue weighted by Crippen LogP contribution is 2.18. The summed E-state index contributed by atoms with van der Waals surface area (Å²) >= 11 is 5.08. The maximum atomic E-state index is 12.5. The number of nitrogens with one attached hydrogen (secondary N) is 3. The molecule has 31 heavy (non-hydrogen) atoms. The molecule has 0 fully saturated rings. The number of carbonyl (C=O) groups is 1. The molecule has 3 N–H and O–H groups in total. The van der Waals surface area contributed by atoms with Crippen molar-refractivity contribution in [1.29, 1.82) is 0 Å². The van der Waals surface area contributed by atoms with Gasteiger partial charge in [-0.15, -0.1) is 0 Å². The molecule has 0 saturated carbocycles. The van der Waals surface area contributed by atoms with E-state index in [1.54, 1.807) is 30.3 Å². The Morgan fingerprint density at radius 3 is 2.23 bits per heavy atom. The van der Waals surface area contributed by atoms with Crippen LogP contribution in [0.1, 0.15) is 10.4 Å². The number of amides is 1. The SMILES string of the molecule is O=C(NC(=S)Nc1ccc(S(=O)(=O)Nc2ccccc2)cc1)c1cccc([N+](=O)[O-])c1. The third kappa shape index (κ3) is 5.84. The predicted molar refractivity (Wildman–Crippen MR) is 120 cm³/mol. The Kier molecular flexibility index (Phi) is 6.58. The van der Waals surface area contributed by atoms with E-state index in [0.717, 1.165) is 6.07 Å². The smallest absolute Gasteiger partial charge is 0.270 e. The lowest BCUT2D eigenvalue weighted by atomic mass is 10.2. The fourth-order valence-corrected chi connectivity index (χ4v) is 3.81. The van der Waals surface area contributed by atoms with Crippen LogP contribution in [0.5, 0.6) is 0 Å². The second-order valence-corrected chi connectivity index (χ2v) is 8.30. The van der Waals surface area contributed by atoms with Crippen molar-refractivity contribution in [2.45, 2.75) is 4.90 Å². The molecule has 0 heterocycles. The zero-order chi connectivity index (χ0) is 22.4. The summed E-state index contributed by atoms with van der Waals surface area (Å²) in [6, 6.07) is 19.5. The number of benzene rings is 3. The number of hydrogen-bond acceptors (Lipinski definition) is 6. The van der Waals surface area contributed by atoms with E-state index < -0.39 is 20.9 Å². The molecule has 3 aromatic rings. The van der Waals surface area contributed by atoms with Crippen LogP contribution in [0.25, 0.3) is 0 Å². The Morgan fingerprint density at radius 1 is 0.903 bits per heavy atom. The van der Waals surface area contributed by atoms with E-state index in [-0.39, 0.29) is 21.3 Å². The molecule has 158 valence electrons. The number of thiocarbonyl (C=S) groups is 1. The summed E-state index contributed by atoms with van der Waals surface area (Å²) in [5.41, 5.74) is 0.747. The Balaban J connectivity index is 1.63. The van der Waals surface area contributed by atoms with Crippen molar-refractivity contribution >= 4 is 50.3 Å². The molecule has 11 heteroatoms. The first kappa shape index (κ1) is 21.9. The quantitative estimate of drug-likeness (QED) is 0.294. The summed E-state index contributed by atoms with van der Waals surface area (Å²) in [5, 5.41) is 16.0. The second-order valence-electron chi connectivity index (χ2n) is 6.21. The van der Waals surface area contributed by atoms with Crippen LogP contribution in [0.2, 0.25) is 0 Å². The Hall–Kier alpha value is -3.83. The van der Waals surface area contributed by atoms with E-state index in [1.165, 1.54) is 42.5 Å². The van der Waals surface area contributed by atoms with E-state index in [2.05, 4.69) is 15.4 Å². The Labute approximate surface area is 183 Å². The van der Waals surface area contributed by atoms with Gasteiger partial charge in [-0.1, -0.05) is 24.3 Å². The molecule has 0 radical (unpaired) electrons. The average Bonchev–Trinajstić information content (AvgIpc) is 2.74. The predicted octanol–water partition coefficient (Wildman–Crippen LogP) is 3.52. The topological polar surface area (TPSA) is 130 Å². The lowest BCUT2D eigenvalue weighted by Crippen LogP contribution is -2.34. The number of carbonyl (C=O) groups excluding carboxylic acids is 1. The number of non-ortho nitro benzene ring substituents is 1. The van der Waals surface area contributed by atoms with Gasteiger partial charge in [0.1, 0.15) is 0 Å². The molecule has 0 aliphatic rings. The van der Waals surface area contributed by atoms with Gasteiger partial charge in [0.05, 0.1) is 9.82 Å². The van der Waals surface area contributed by atoms with Crippen LogP contribution in [-0.2, 0) is 10.0 Å². The summed E-state index contributed by atoms with van der Waals surface area (Å²) in [5.74, 6) is -0.618. The largest absolute Gasteiger partial charge is 0.332 e. The summed E-state index contributed by atoms with van der Waals surface area (Å²) in [4.78, 5) is 22.5. The maximum absolute atomic E-state index is 12.5. The molecule has 0 unspecified atom stereocenters. The van der Waals surface area contributed by atoms with Crippen molar-refractivity contribution in [1.82, 2.24) is 5.32 Å². The van der Waals surface area contributed by atoms with Crippen molar-refractivity contribution in [3.8, 4) is 0 Å². The molecule has 3 rings (SSSR count). The Bertz CT molecular complexity index is 1230. The number of para-hydroxylation sites is 1. The zero-order valence-electron chi connectivity index (χ0n) is 15.8. The van der Waals surface area contributed by atoms with Gasteiger partial charge >= 0.3 is 0 Å².